The predicted octanol–water partition coefficient (Wildman–Crippen LogP) is 5.46. The number of hydrogen-bond acceptors (Lipinski definition) is 5. The lowest BCUT2D eigenvalue weighted by atomic mass is 10.1. The van der Waals surface area contributed by atoms with Crippen molar-refractivity contribution in [3.63, 3.8) is 0 Å². The molecule has 0 atom stereocenters. The summed E-state index contributed by atoms with van der Waals surface area (Å²) in [5, 5.41) is 0.841. The van der Waals surface area contributed by atoms with E-state index in [9.17, 15) is 9.59 Å². The van der Waals surface area contributed by atoms with Crippen molar-refractivity contribution in [3.05, 3.63) is 62.6 Å². The summed E-state index contributed by atoms with van der Waals surface area (Å²) in [5.74, 6) is 0.166. The topological polar surface area (TPSA) is 59.1 Å². The van der Waals surface area contributed by atoms with Crippen molar-refractivity contribution in [2.75, 3.05) is 19.7 Å². The molecule has 1 saturated heterocycles. The quantitative estimate of drug-likeness (QED) is 0.248. The molecule has 0 radical (unpaired) electrons. The summed E-state index contributed by atoms with van der Waals surface area (Å²) in [6.07, 6.45) is 1.56. The fraction of sp³-hybridized carbons (Fsp3) is 0.292. The second-order valence-electron chi connectivity index (χ2n) is 7.08. The molecule has 2 aromatic rings. The van der Waals surface area contributed by atoms with E-state index in [0.717, 1.165) is 5.56 Å². The maximum atomic E-state index is 12.9. The number of ether oxygens (including phenoxy) is 2. The van der Waals surface area contributed by atoms with Crippen LogP contribution in [0.25, 0.3) is 6.08 Å². The molecule has 3 rings (SSSR count). The molecular formula is C24H24BrClN2O4S. The Labute approximate surface area is 212 Å². The number of carbonyl (C=O) groups excluding carboxylic acids is 2. The van der Waals surface area contributed by atoms with E-state index in [2.05, 4.69) is 15.9 Å². The number of carbonyl (C=O) groups is 2. The maximum absolute atomic E-state index is 12.9. The van der Waals surface area contributed by atoms with Crippen molar-refractivity contribution in [1.29, 1.82) is 0 Å². The van der Waals surface area contributed by atoms with Gasteiger partial charge in [0.1, 0.15) is 12.2 Å². The number of thiocarbonyl (C=S) groups is 1. The van der Waals surface area contributed by atoms with Crippen LogP contribution in [0.1, 0.15) is 31.9 Å². The van der Waals surface area contributed by atoms with Gasteiger partial charge >= 0.3 is 0 Å². The van der Waals surface area contributed by atoms with Gasteiger partial charge in [-0.25, -0.2) is 0 Å². The van der Waals surface area contributed by atoms with E-state index in [1.54, 1.807) is 24.3 Å². The van der Waals surface area contributed by atoms with E-state index in [-0.39, 0.29) is 17.3 Å². The lowest BCUT2D eigenvalue weighted by molar-refractivity contribution is -0.133. The molecule has 1 aliphatic rings. The van der Waals surface area contributed by atoms with Crippen LogP contribution in [0, 0.1) is 0 Å². The van der Waals surface area contributed by atoms with Crippen molar-refractivity contribution in [2.24, 2.45) is 0 Å². The van der Waals surface area contributed by atoms with Gasteiger partial charge in [0, 0.05) is 23.7 Å². The van der Waals surface area contributed by atoms with Crippen LogP contribution in [-0.2, 0) is 16.2 Å². The Balaban J connectivity index is 1.97. The van der Waals surface area contributed by atoms with Gasteiger partial charge in [-0.3, -0.25) is 19.4 Å². The Kier molecular flexibility index (Phi) is 8.51. The minimum absolute atomic E-state index is 0.0476. The van der Waals surface area contributed by atoms with Gasteiger partial charge < -0.3 is 9.47 Å². The van der Waals surface area contributed by atoms with E-state index in [4.69, 9.17) is 33.3 Å². The van der Waals surface area contributed by atoms with Crippen LogP contribution in [-0.4, -0.2) is 46.4 Å². The third-order valence-electron chi connectivity index (χ3n) is 5.02. The van der Waals surface area contributed by atoms with E-state index in [1.165, 1.54) is 9.80 Å². The number of halogens is 2. The minimum atomic E-state index is -0.412. The standard InChI is InChI=1S/C24H24BrClN2O4S/c1-4-27-22(29)17(23(30)28(5-2)24(27)33)11-15-12-18(25)21(20(13-15)31-6-3)32-14-16-9-7-8-10-19(16)26/h7-13H,4-6,14H2,1-3H3. The molecule has 174 valence electrons. The first-order valence-corrected chi connectivity index (χ1v) is 12.1. The summed E-state index contributed by atoms with van der Waals surface area (Å²) < 4.78 is 12.4. The first kappa shape index (κ1) is 25.2. The zero-order chi connectivity index (χ0) is 24.1. The number of likely N-dealkylation sites (N-methyl/N-ethyl adjacent to an activating group) is 2. The molecule has 2 amide bonds. The van der Waals surface area contributed by atoms with Gasteiger partial charge in [-0.05, 0) is 78.8 Å². The molecule has 1 aliphatic heterocycles. The van der Waals surface area contributed by atoms with E-state index >= 15 is 0 Å². The van der Waals surface area contributed by atoms with Gasteiger partial charge in [-0.2, -0.15) is 0 Å². The molecule has 1 heterocycles. The average Bonchev–Trinajstić information content (AvgIpc) is 2.78. The monoisotopic (exact) mass is 550 g/mol. The molecule has 1 fully saturated rings. The highest BCUT2D eigenvalue weighted by Gasteiger charge is 2.37. The van der Waals surface area contributed by atoms with Crippen LogP contribution < -0.4 is 9.47 Å². The van der Waals surface area contributed by atoms with Gasteiger partial charge in [0.25, 0.3) is 11.8 Å². The molecule has 0 aromatic heterocycles. The van der Waals surface area contributed by atoms with Gasteiger partial charge in [0.15, 0.2) is 16.6 Å². The molecule has 33 heavy (non-hydrogen) atoms. The summed E-state index contributed by atoms with van der Waals surface area (Å²) in [4.78, 5) is 28.7. The normalized spacial score (nSPS) is 14.1. The van der Waals surface area contributed by atoms with E-state index < -0.39 is 11.8 Å². The summed E-state index contributed by atoms with van der Waals surface area (Å²) in [6.45, 7) is 6.92. The lowest BCUT2D eigenvalue weighted by Crippen LogP contribution is -2.55. The summed E-state index contributed by atoms with van der Waals surface area (Å²) in [6, 6.07) is 11.0. The smallest absolute Gasteiger partial charge is 0.265 e. The van der Waals surface area contributed by atoms with Crippen molar-refractivity contribution in [3.8, 4) is 11.5 Å². The largest absolute Gasteiger partial charge is 0.490 e. The SMILES string of the molecule is CCOc1cc(C=C2C(=O)N(CC)C(=S)N(CC)C2=O)cc(Br)c1OCc1ccccc1Cl. The lowest BCUT2D eigenvalue weighted by Gasteiger charge is -2.35. The second kappa shape index (κ2) is 11.1. The van der Waals surface area contributed by atoms with E-state index in [0.29, 0.717) is 46.3 Å². The average molecular weight is 552 g/mol. The fourth-order valence-corrected chi connectivity index (χ4v) is 4.58. The Bertz CT molecular complexity index is 1090. The van der Waals surface area contributed by atoms with Gasteiger partial charge in [0.05, 0.1) is 11.1 Å². The fourth-order valence-electron chi connectivity index (χ4n) is 3.39. The first-order valence-electron chi connectivity index (χ1n) is 10.5. The van der Waals surface area contributed by atoms with Crippen molar-refractivity contribution in [2.45, 2.75) is 27.4 Å². The Morgan fingerprint density at radius 2 is 1.67 bits per heavy atom. The van der Waals surface area contributed by atoms with E-state index in [1.807, 2.05) is 39.0 Å². The first-order chi connectivity index (χ1) is 15.8. The Morgan fingerprint density at radius 1 is 1.03 bits per heavy atom. The number of nitrogens with zero attached hydrogens (tertiary/aromatic N) is 2. The molecule has 2 aromatic carbocycles. The van der Waals surface area contributed by atoms with Gasteiger partial charge in [-0.15, -0.1) is 0 Å². The molecule has 0 saturated carbocycles. The third-order valence-corrected chi connectivity index (χ3v) is 6.42. The Morgan fingerprint density at radius 3 is 2.24 bits per heavy atom. The summed E-state index contributed by atoms with van der Waals surface area (Å²) in [7, 11) is 0. The highest BCUT2D eigenvalue weighted by atomic mass is 79.9. The van der Waals surface area contributed by atoms with Crippen LogP contribution in [0.15, 0.2) is 46.4 Å². The molecule has 0 unspecified atom stereocenters. The number of hydrogen-bond donors (Lipinski definition) is 0. The van der Waals surface area contributed by atoms with Crippen LogP contribution in [0.3, 0.4) is 0 Å². The van der Waals surface area contributed by atoms with Crippen LogP contribution >= 0.6 is 39.7 Å². The minimum Gasteiger partial charge on any atom is -0.490 e. The zero-order valence-corrected chi connectivity index (χ0v) is 21.7. The third kappa shape index (κ3) is 5.39. The highest BCUT2D eigenvalue weighted by Crippen LogP contribution is 2.38. The molecule has 0 aliphatic carbocycles. The molecule has 0 N–H and O–H groups in total. The van der Waals surface area contributed by atoms with Crippen molar-refractivity contribution >= 4 is 62.8 Å². The molecule has 6 nitrogen and oxygen atoms in total. The predicted molar refractivity (Wildman–Crippen MR) is 136 cm³/mol. The number of amides is 2. The number of rotatable bonds is 8. The highest BCUT2D eigenvalue weighted by molar-refractivity contribution is 9.10. The van der Waals surface area contributed by atoms with Crippen LogP contribution in [0.5, 0.6) is 11.5 Å². The molecular weight excluding hydrogens is 528 g/mol. The maximum Gasteiger partial charge on any atom is 0.265 e. The van der Waals surface area contributed by atoms with Crippen molar-refractivity contribution in [1.82, 2.24) is 9.80 Å². The van der Waals surface area contributed by atoms with Crippen LogP contribution in [0.2, 0.25) is 5.02 Å². The molecule has 0 bridgehead atoms. The van der Waals surface area contributed by atoms with Gasteiger partial charge in [0.2, 0.25) is 0 Å². The summed E-state index contributed by atoms with van der Waals surface area (Å²) in [5.41, 5.74) is 1.51. The second-order valence-corrected chi connectivity index (χ2v) is 8.71. The Hall–Kier alpha value is -2.42. The molecule has 0 spiro atoms. The number of benzene rings is 2. The van der Waals surface area contributed by atoms with Crippen LogP contribution in [0.4, 0.5) is 0 Å². The molecule has 9 heteroatoms. The van der Waals surface area contributed by atoms with Crippen molar-refractivity contribution < 1.29 is 19.1 Å². The van der Waals surface area contributed by atoms with Gasteiger partial charge in [-0.1, -0.05) is 29.8 Å². The summed E-state index contributed by atoms with van der Waals surface area (Å²) >= 11 is 15.1. The zero-order valence-electron chi connectivity index (χ0n) is 18.6.